The molecule has 0 spiro atoms. The molecule has 0 unspecified atom stereocenters. The van der Waals surface area contributed by atoms with Gasteiger partial charge in [-0.2, -0.15) is 0 Å². The average molecular weight is 494 g/mol. The van der Waals surface area contributed by atoms with E-state index in [1.807, 2.05) is 60.0 Å². The van der Waals surface area contributed by atoms with Gasteiger partial charge in [0, 0.05) is 17.6 Å². The van der Waals surface area contributed by atoms with Gasteiger partial charge in [-0.1, -0.05) is 61.9 Å². The van der Waals surface area contributed by atoms with Crippen molar-refractivity contribution in [2.24, 2.45) is 0 Å². The minimum Gasteiger partial charge on any atom is -0.463 e. The zero-order valence-corrected chi connectivity index (χ0v) is 20.9. The number of furan rings is 1. The first-order valence-electron chi connectivity index (χ1n) is 12.6. The molecule has 2 aromatic heterocycles. The van der Waals surface area contributed by atoms with Gasteiger partial charge >= 0.3 is 0 Å². The van der Waals surface area contributed by atoms with Crippen LogP contribution in [0.1, 0.15) is 67.9 Å². The first kappa shape index (κ1) is 23.7. The number of hydrogen-bond donors (Lipinski definition) is 1. The van der Waals surface area contributed by atoms with E-state index in [9.17, 15) is 9.59 Å². The highest BCUT2D eigenvalue weighted by atomic mass is 35.5. The third kappa shape index (κ3) is 4.64. The van der Waals surface area contributed by atoms with E-state index in [-0.39, 0.29) is 24.4 Å². The van der Waals surface area contributed by atoms with E-state index in [0.29, 0.717) is 23.0 Å². The summed E-state index contributed by atoms with van der Waals surface area (Å²) in [7, 11) is 0. The first-order valence-corrected chi connectivity index (χ1v) is 12.9. The molecular weight excluding hydrogens is 462 g/mol. The van der Waals surface area contributed by atoms with Crippen molar-refractivity contribution >= 4 is 23.4 Å². The van der Waals surface area contributed by atoms with Crippen LogP contribution in [0.4, 0.5) is 0 Å². The van der Waals surface area contributed by atoms with Crippen molar-refractivity contribution < 1.29 is 14.0 Å². The lowest BCUT2D eigenvalue weighted by molar-refractivity contribution is -0.134. The third-order valence-electron chi connectivity index (χ3n) is 7.50. The Bertz CT molecular complexity index is 1190. The number of hydrogen-bond acceptors (Lipinski definition) is 3. The number of benzene rings is 1. The molecule has 1 aliphatic heterocycles. The van der Waals surface area contributed by atoms with Gasteiger partial charge < -0.3 is 19.2 Å². The molecule has 1 saturated carbocycles. The minimum absolute atomic E-state index is 0.117. The van der Waals surface area contributed by atoms with Crippen LogP contribution in [0.15, 0.2) is 59.2 Å². The monoisotopic (exact) mass is 493 g/mol. The van der Waals surface area contributed by atoms with Gasteiger partial charge in [0.2, 0.25) is 5.91 Å². The van der Waals surface area contributed by atoms with Crippen LogP contribution in [0, 0.1) is 0 Å². The van der Waals surface area contributed by atoms with Crippen LogP contribution in [0.5, 0.6) is 0 Å². The first-order chi connectivity index (χ1) is 17.0. The fourth-order valence-corrected chi connectivity index (χ4v) is 5.59. The summed E-state index contributed by atoms with van der Waals surface area (Å²) in [4.78, 5) is 29.5. The summed E-state index contributed by atoms with van der Waals surface area (Å²) in [5, 5.41) is 3.91. The maximum Gasteiger partial charge on any atom is 0.271 e. The number of halogens is 1. The summed E-state index contributed by atoms with van der Waals surface area (Å²) in [6.07, 6.45) is 9.50. The highest BCUT2D eigenvalue weighted by Crippen LogP contribution is 2.35. The molecule has 3 aromatic rings. The molecule has 0 radical (unpaired) electrons. The molecule has 1 aliphatic carbocycles. The normalized spacial score (nSPS) is 21.3. The van der Waals surface area contributed by atoms with Crippen molar-refractivity contribution in [2.45, 2.75) is 76.5 Å². The summed E-state index contributed by atoms with van der Waals surface area (Å²) >= 11 is 6.47. The zero-order chi connectivity index (χ0) is 24.4. The zero-order valence-electron chi connectivity index (χ0n) is 20.1. The Hall–Kier alpha value is -2.99. The third-order valence-corrected chi connectivity index (χ3v) is 7.86. The van der Waals surface area contributed by atoms with Gasteiger partial charge in [0.05, 0.1) is 18.5 Å². The second-order valence-corrected chi connectivity index (χ2v) is 10.3. The van der Waals surface area contributed by atoms with E-state index in [1.165, 1.54) is 19.3 Å². The van der Waals surface area contributed by atoms with Gasteiger partial charge in [-0.05, 0) is 55.7 Å². The Balaban J connectivity index is 1.51. The lowest BCUT2D eigenvalue weighted by Crippen LogP contribution is -2.64. The quantitative estimate of drug-likeness (QED) is 0.470. The molecule has 2 amide bonds. The van der Waals surface area contributed by atoms with Crippen LogP contribution in [0.3, 0.4) is 0 Å². The van der Waals surface area contributed by atoms with Gasteiger partial charge in [-0.25, -0.2) is 0 Å². The molecule has 184 valence electrons. The smallest absolute Gasteiger partial charge is 0.271 e. The molecule has 0 saturated heterocycles. The Morgan fingerprint density at radius 1 is 1.03 bits per heavy atom. The number of nitrogens with one attached hydrogen (secondary N) is 1. The van der Waals surface area contributed by atoms with Crippen LogP contribution >= 0.6 is 11.6 Å². The highest BCUT2D eigenvalue weighted by Gasteiger charge is 2.48. The van der Waals surface area contributed by atoms with Crippen molar-refractivity contribution in [3.05, 3.63) is 71.1 Å². The maximum absolute atomic E-state index is 14.0. The Morgan fingerprint density at radius 3 is 2.46 bits per heavy atom. The van der Waals surface area contributed by atoms with Crippen LogP contribution in [-0.2, 0) is 17.9 Å². The lowest BCUT2D eigenvalue weighted by atomic mass is 9.91. The number of amides is 2. The van der Waals surface area contributed by atoms with Crippen LogP contribution in [0.25, 0.3) is 11.5 Å². The van der Waals surface area contributed by atoms with Crippen LogP contribution < -0.4 is 5.32 Å². The van der Waals surface area contributed by atoms with Crippen molar-refractivity contribution in [1.29, 1.82) is 0 Å². The lowest BCUT2D eigenvalue weighted by Gasteiger charge is -2.45. The summed E-state index contributed by atoms with van der Waals surface area (Å²) in [5.74, 6) is 0.365. The standard InChI is InChI=1S/C28H32ClN3O3/c1-28(27(34)30-21-11-5-3-2-4-6-12-21)19-31-23(25-14-9-17-35-25)15-16-24(31)26(33)32(28)18-20-10-7-8-13-22(20)29/h7-10,13-17,21H,2-6,11-12,18-19H2,1H3,(H,30,34)/t28-/m1/s1. The number of aromatic nitrogens is 1. The van der Waals surface area contributed by atoms with E-state index >= 15 is 0 Å². The molecule has 7 heteroatoms. The van der Waals surface area contributed by atoms with E-state index in [1.54, 1.807) is 11.2 Å². The molecule has 3 heterocycles. The van der Waals surface area contributed by atoms with Gasteiger partial charge in [-0.15, -0.1) is 0 Å². The van der Waals surface area contributed by atoms with Gasteiger partial charge in [0.25, 0.3) is 5.91 Å². The molecule has 6 nitrogen and oxygen atoms in total. The number of rotatable bonds is 5. The Labute approximate surface area is 211 Å². The fraction of sp³-hybridized carbons (Fsp3) is 0.429. The van der Waals surface area contributed by atoms with Crippen LogP contribution in [0.2, 0.25) is 5.02 Å². The predicted molar refractivity (Wildman–Crippen MR) is 136 cm³/mol. The Morgan fingerprint density at radius 2 is 1.74 bits per heavy atom. The molecule has 1 aromatic carbocycles. The van der Waals surface area contributed by atoms with Gasteiger partial charge in [-0.3, -0.25) is 9.59 Å². The van der Waals surface area contributed by atoms with E-state index < -0.39 is 5.54 Å². The summed E-state index contributed by atoms with van der Waals surface area (Å²) in [5.41, 5.74) is 1.06. The SMILES string of the molecule is C[C@]1(C(=O)NC2CCCCCCC2)Cn2c(ccc2-c2ccco2)C(=O)N1Cc1ccccc1Cl. The van der Waals surface area contributed by atoms with Gasteiger partial charge in [0.15, 0.2) is 0 Å². The van der Waals surface area contributed by atoms with Crippen molar-refractivity contribution in [3.63, 3.8) is 0 Å². The molecule has 5 rings (SSSR count). The summed E-state index contributed by atoms with van der Waals surface area (Å²) in [6.45, 7) is 2.46. The molecule has 1 atom stereocenters. The fourth-order valence-electron chi connectivity index (χ4n) is 5.40. The van der Waals surface area contributed by atoms with E-state index in [0.717, 1.165) is 36.9 Å². The number of carbonyl (C=O) groups excluding carboxylic acids is 2. The molecule has 0 bridgehead atoms. The van der Waals surface area contributed by atoms with Crippen molar-refractivity contribution in [3.8, 4) is 11.5 Å². The van der Waals surface area contributed by atoms with E-state index in [4.69, 9.17) is 16.0 Å². The second-order valence-electron chi connectivity index (χ2n) is 9.94. The molecule has 1 fully saturated rings. The highest BCUT2D eigenvalue weighted by molar-refractivity contribution is 6.31. The summed E-state index contributed by atoms with van der Waals surface area (Å²) in [6, 6.07) is 15.0. The summed E-state index contributed by atoms with van der Waals surface area (Å²) < 4.78 is 7.55. The van der Waals surface area contributed by atoms with Crippen molar-refractivity contribution in [2.75, 3.05) is 0 Å². The molecule has 35 heavy (non-hydrogen) atoms. The molecular formula is C28H32ClN3O3. The Kier molecular flexibility index (Phi) is 6.74. The minimum atomic E-state index is -1.09. The largest absolute Gasteiger partial charge is 0.463 e. The number of fused-ring (bicyclic) bond motifs is 1. The average Bonchev–Trinajstić information content (AvgIpc) is 3.49. The number of carbonyl (C=O) groups is 2. The van der Waals surface area contributed by atoms with Gasteiger partial charge in [0.1, 0.15) is 17.0 Å². The molecule has 1 N–H and O–H groups in total. The van der Waals surface area contributed by atoms with Crippen molar-refractivity contribution in [1.82, 2.24) is 14.8 Å². The van der Waals surface area contributed by atoms with E-state index in [2.05, 4.69) is 5.32 Å². The molecule has 2 aliphatic rings. The second kappa shape index (κ2) is 9.94. The maximum atomic E-state index is 14.0. The van der Waals surface area contributed by atoms with Crippen LogP contribution in [-0.4, -0.2) is 32.9 Å². The predicted octanol–water partition coefficient (Wildman–Crippen LogP) is 6.05. The topological polar surface area (TPSA) is 67.5 Å². The number of nitrogens with zero attached hydrogens (tertiary/aromatic N) is 2.